The number of carbonyl (C=O) groups is 2. The van der Waals surface area contributed by atoms with Gasteiger partial charge in [-0.3, -0.25) is 9.59 Å². The van der Waals surface area contributed by atoms with Crippen LogP contribution in [-0.2, 0) is 14.3 Å². The minimum atomic E-state index is -0.553. The number of carbonyl (C=O) groups excluding carboxylic acids is 2. The fraction of sp³-hybridized carbons (Fsp3) is 0.467. The van der Waals surface area contributed by atoms with Gasteiger partial charge in [-0.05, 0) is 42.9 Å². The molecule has 1 amide bonds. The molecular formula is C30H37N3O5. The summed E-state index contributed by atoms with van der Waals surface area (Å²) in [5.74, 6) is 1.06. The van der Waals surface area contributed by atoms with Gasteiger partial charge in [0.1, 0.15) is 0 Å². The lowest BCUT2D eigenvalue weighted by atomic mass is 9.73. The van der Waals surface area contributed by atoms with E-state index in [0.717, 1.165) is 42.1 Å². The molecule has 5 rings (SSSR count). The van der Waals surface area contributed by atoms with Crippen molar-refractivity contribution >= 4 is 23.1 Å². The summed E-state index contributed by atoms with van der Waals surface area (Å²) in [6.07, 6.45) is 3.14. The lowest BCUT2D eigenvalue weighted by molar-refractivity contribution is -0.121. The third-order valence-corrected chi connectivity index (χ3v) is 7.60. The second kappa shape index (κ2) is 10.7. The van der Waals surface area contributed by atoms with Gasteiger partial charge in [0.05, 0.1) is 44.3 Å². The zero-order chi connectivity index (χ0) is 26.9. The molecule has 1 saturated heterocycles. The van der Waals surface area contributed by atoms with Crippen LogP contribution < -0.4 is 25.0 Å². The van der Waals surface area contributed by atoms with E-state index in [4.69, 9.17) is 14.2 Å². The number of amides is 1. The molecule has 0 aromatic heterocycles. The molecule has 8 nitrogen and oxygen atoms in total. The quantitative estimate of drug-likeness (QED) is 0.552. The number of nitrogens with zero attached hydrogens (tertiary/aromatic N) is 1. The van der Waals surface area contributed by atoms with Crippen LogP contribution in [0.1, 0.15) is 51.1 Å². The van der Waals surface area contributed by atoms with E-state index in [2.05, 4.69) is 24.5 Å². The van der Waals surface area contributed by atoms with Crippen molar-refractivity contribution < 1.29 is 23.8 Å². The van der Waals surface area contributed by atoms with Gasteiger partial charge >= 0.3 is 0 Å². The highest BCUT2D eigenvalue weighted by Crippen LogP contribution is 2.50. The molecule has 1 aliphatic carbocycles. The SMILES string of the molecule is COc1cccc(C2C3=C(CC(C)(C)CC3=O)Nc3ccccc3N2CC(=O)NCC2CCCO2)c1OC. The number of allylic oxidation sites excluding steroid dienone is 1. The molecule has 0 saturated carbocycles. The van der Waals surface area contributed by atoms with Gasteiger partial charge in [-0.15, -0.1) is 0 Å². The van der Waals surface area contributed by atoms with Crippen molar-refractivity contribution in [3.8, 4) is 11.5 Å². The van der Waals surface area contributed by atoms with Crippen LogP contribution in [0.4, 0.5) is 11.4 Å². The maximum Gasteiger partial charge on any atom is 0.239 e. The molecule has 2 aromatic carbocycles. The van der Waals surface area contributed by atoms with Crippen molar-refractivity contribution in [3.63, 3.8) is 0 Å². The van der Waals surface area contributed by atoms with Gasteiger partial charge in [0, 0.05) is 36.4 Å². The number of ether oxygens (including phenoxy) is 3. The summed E-state index contributed by atoms with van der Waals surface area (Å²) < 4.78 is 17.2. The average Bonchev–Trinajstić information content (AvgIpc) is 3.37. The molecule has 2 atom stereocenters. The fourth-order valence-corrected chi connectivity index (χ4v) is 5.92. The highest BCUT2D eigenvalue weighted by Gasteiger charge is 2.43. The van der Waals surface area contributed by atoms with Crippen LogP contribution in [0.2, 0.25) is 0 Å². The third kappa shape index (κ3) is 5.10. The number of hydrogen-bond donors (Lipinski definition) is 2. The molecule has 2 unspecified atom stereocenters. The number of para-hydroxylation sites is 3. The number of methoxy groups -OCH3 is 2. The first-order valence-electron chi connectivity index (χ1n) is 13.3. The monoisotopic (exact) mass is 519 g/mol. The molecule has 0 bridgehead atoms. The van der Waals surface area contributed by atoms with E-state index >= 15 is 0 Å². The zero-order valence-corrected chi connectivity index (χ0v) is 22.6. The molecule has 0 radical (unpaired) electrons. The Morgan fingerprint density at radius 1 is 1.13 bits per heavy atom. The van der Waals surface area contributed by atoms with E-state index < -0.39 is 6.04 Å². The summed E-state index contributed by atoms with van der Waals surface area (Å²) in [6, 6.07) is 13.0. The van der Waals surface area contributed by atoms with Crippen LogP contribution in [0, 0.1) is 5.41 Å². The first kappa shape index (κ1) is 26.1. The minimum absolute atomic E-state index is 0.0442. The van der Waals surface area contributed by atoms with E-state index in [0.29, 0.717) is 36.5 Å². The van der Waals surface area contributed by atoms with E-state index in [9.17, 15) is 9.59 Å². The van der Waals surface area contributed by atoms with Gasteiger partial charge in [0.2, 0.25) is 5.91 Å². The molecule has 2 heterocycles. The van der Waals surface area contributed by atoms with E-state index in [1.54, 1.807) is 14.2 Å². The molecule has 202 valence electrons. The number of fused-ring (bicyclic) bond motifs is 1. The largest absolute Gasteiger partial charge is 0.493 e. The first-order valence-corrected chi connectivity index (χ1v) is 13.3. The van der Waals surface area contributed by atoms with Crippen molar-refractivity contribution in [1.82, 2.24) is 5.32 Å². The predicted octanol–water partition coefficient (Wildman–Crippen LogP) is 4.62. The van der Waals surface area contributed by atoms with E-state index in [1.807, 2.05) is 47.4 Å². The summed E-state index contributed by atoms with van der Waals surface area (Å²) in [6.45, 7) is 5.50. The Bertz CT molecular complexity index is 1250. The van der Waals surface area contributed by atoms with Gasteiger partial charge in [-0.25, -0.2) is 0 Å². The van der Waals surface area contributed by atoms with Crippen molar-refractivity contribution in [1.29, 1.82) is 0 Å². The first-order chi connectivity index (χ1) is 18.3. The second-order valence-corrected chi connectivity index (χ2v) is 11.0. The maximum absolute atomic E-state index is 13.9. The minimum Gasteiger partial charge on any atom is -0.493 e. The molecule has 8 heteroatoms. The van der Waals surface area contributed by atoms with Crippen molar-refractivity contribution in [2.24, 2.45) is 5.41 Å². The van der Waals surface area contributed by atoms with Crippen LogP contribution >= 0.6 is 0 Å². The smallest absolute Gasteiger partial charge is 0.239 e. The summed E-state index contributed by atoms with van der Waals surface area (Å²) >= 11 is 0. The normalized spacial score (nSPS) is 22.2. The van der Waals surface area contributed by atoms with Crippen LogP contribution in [0.25, 0.3) is 0 Å². The molecule has 0 spiro atoms. The molecule has 2 aromatic rings. The molecule has 2 aliphatic heterocycles. The zero-order valence-electron chi connectivity index (χ0n) is 22.6. The second-order valence-electron chi connectivity index (χ2n) is 11.0. The average molecular weight is 520 g/mol. The Balaban J connectivity index is 1.64. The molecule has 1 fully saturated rings. The number of benzene rings is 2. The summed E-state index contributed by atoms with van der Waals surface area (Å²) in [5, 5.41) is 6.65. The van der Waals surface area contributed by atoms with E-state index in [1.165, 1.54) is 0 Å². The molecule has 2 N–H and O–H groups in total. The Labute approximate surface area is 224 Å². The van der Waals surface area contributed by atoms with Crippen LogP contribution in [-0.4, -0.2) is 51.7 Å². The predicted molar refractivity (Wildman–Crippen MR) is 147 cm³/mol. The van der Waals surface area contributed by atoms with Gasteiger partial charge in [0.15, 0.2) is 17.3 Å². The number of nitrogens with one attached hydrogen (secondary N) is 2. The summed E-state index contributed by atoms with van der Waals surface area (Å²) in [5.41, 5.74) is 3.85. The molecule has 3 aliphatic rings. The fourth-order valence-electron chi connectivity index (χ4n) is 5.92. The van der Waals surface area contributed by atoms with Crippen molar-refractivity contribution in [2.75, 3.05) is 44.1 Å². The van der Waals surface area contributed by atoms with E-state index in [-0.39, 0.29) is 29.8 Å². The van der Waals surface area contributed by atoms with Gasteiger partial charge < -0.3 is 29.7 Å². The van der Waals surface area contributed by atoms with Crippen LogP contribution in [0.15, 0.2) is 53.7 Å². The Hall–Kier alpha value is -3.52. The van der Waals surface area contributed by atoms with Crippen molar-refractivity contribution in [3.05, 3.63) is 59.3 Å². The highest BCUT2D eigenvalue weighted by atomic mass is 16.5. The number of Topliss-reactive ketones (excluding diaryl/α,β-unsaturated/α-hetero) is 1. The van der Waals surface area contributed by atoms with Gasteiger partial charge in [0.25, 0.3) is 0 Å². The third-order valence-electron chi connectivity index (χ3n) is 7.60. The topological polar surface area (TPSA) is 89.1 Å². The standard InChI is InChI=1S/C30H37N3O5/c1-30(2)15-22-27(24(34)16-30)28(20-10-7-13-25(36-3)29(20)37-4)33(23-12-6-5-11-21(23)32-22)18-26(35)31-17-19-9-8-14-38-19/h5-7,10-13,19,28,32H,8-9,14-18H2,1-4H3,(H,31,35). The Kier molecular flexibility index (Phi) is 7.34. The Morgan fingerprint density at radius 3 is 2.68 bits per heavy atom. The number of hydrogen-bond acceptors (Lipinski definition) is 7. The Morgan fingerprint density at radius 2 is 1.95 bits per heavy atom. The highest BCUT2D eigenvalue weighted by molar-refractivity contribution is 6.02. The lowest BCUT2D eigenvalue weighted by Gasteiger charge is -2.38. The van der Waals surface area contributed by atoms with Crippen molar-refractivity contribution in [2.45, 2.75) is 51.7 Å². The summed E-state index contributed by atoms with van der Waals surface area (Å²) in [4.78, 5) is 29.3. The maximum atomic E-state index is 13.9. The molecule has 38 heavy (non-hydrogen) atoms. The van der Waals surface area contributed by atoms with Gasteiger partial charge in [-0.2, -0.15) is 0 Å². The van der Waals surface area contributed by atoms with Gasteiger partial charge in [-0.1, -0.05) is 38.1 Å². The number of ketones is 1. The van der Waals surface area contributed by atoms with Crippen LogP contribution in [0.5, 0.6) is 11.5 Å². The summed E-state index contributed by atoms with van der Waals surface area (Å²) in [7, 11) is 3.20. The molecular weight excluding hydrogens is 482 g/mol. The number of rotatable bonds is 7. The number of anilines is 2. The van der Waals surface area contributed by atoms with Crippen LogP contribution in [0.3, 0.4) is 0 Å². The lowest BCUT2D eigenvalue weighted by Crippen LogP contribution is -2.43.